The number of amides is 1. The average molecular weight is 472 g/mol. The Bertz CT molecular complexity index is 1140. The number of halogens is 2. The summed E-state index contributed by atoms with van der Waals surface area (Å²) in [5, 5.41) is 12.8. The first-order valence-corrected chi connectivity index (χ1v) is 10.4. The predicted octanol–water partition coefficient (Wildman–Crippen LogP) is 5.58. The van der Waals surface area contributed by atoms with Gasteiger partial charge in [-0.3, -0.25) is 14.5 Å². The Balaban J connectivity index is 1.94. The number of hydrogen-bond donors (Lipinski definition) is 1. The van der Waals surface area contributed by atoms with Crippen LogP contribution in [0.4, 0.5) is 10.1 Å². The highest BCUT2D eigenvalue weighted by Gasteiger charge is 2.47. The van der Waals surface area contributed by atoms with E-state index in [9.17, 15) is 19.1 Å². The molecule has 7 heteroatoms. The molecule has 4 rings (SSSR count). The molecular formula is C22H15BrFNO3S. The zero-order chi connectivity index (χ0) is 20.7. The monoisotopic (exact) mass is 471 g/mol. The molecule has 0 radical (unpaired) electrons. The second-order valence-corrected chi connectivity index (χ2v) is 8.48. The van der Waals surface area contributed by atoms with Gasteiger partial charge in [-0.1, -0.05) is 28.1 Å². The van der Waals surface area contributed by atoms with Crippen molar-refractivity contribution in [3.8, 4) is 0 Å². The van der Waals surface area contributed by atoms with E-state index in [0.29, 0.717) is 11.3 Å². The van der Waals surface area contributed by atoms with Crippen molar-refractivity contribution in [2.75, 3.05) is 4.90 Å². The molecule has 1 saturated heterocycles. The fourth-order valence-electron chi connectivity index (χ4n) is 3.38. The van der Waals surface area contributed by atoms with Crippen molar-refractivity contribution in [3.05, 3.63) is 91.8 Å². The summed E-state index contributed by atoms with van der Waals surface area (Å²) in [4.78, 5) is 28.0. The molecule has 1 unspecified atom stereocenters. The molecule has 0 spiro atoms. The molecule has 2 heterocycles. The Morgan fingerprint density at radius 1 is 1.07 bits per heavy atom. The number of nitrogens with zero attached hydrogens (tertiary/aromatic N) is 1. The number of carbonyl (C=O) groups is 2. The van der Waals surface area contributed by atoms with E-state index in [2.05, 4.69) is 15.9 Å². The second-order valence-electron chi connectivity index (χ2n) is 6.62. The van der Waals surface area contributed by atoms with Gasteiger partial charge in [0.25, 0.3) is 11.7 Å². The van der Waals surface area contributed by atoms with Crippen LogP contribution in [-0.2, 0) is 9.59 Å². The number of ketones is 1. The van der Waals surface area contributed by atoms with Crippen molar-refractivity contribution in [2.45, 2.75) is 13.0 Å². The minimum absolute atomic E-state index is 0.0206. The molecule has 1 atom stereocenters. The third-order valence-electron chi connectivity index (χ3n) is 4.82. The quantitative estimate of drug-likeness (QED) is 0.308. The number of hydrogen-bond acceptors (Lipinski definition) is 4. The number of Topliss-reactive ketones (excluding diaryl/α,β-unsaturated/α-hetero) is 1. The normalized spacial score (nSPS) is 18.4. The molecule has 29 heavy (non-hydrogen) atoms. The van der Waals surface area contributed by atoms with E-state index in [4.69, 9.17) is 0 Å². The summed E-state index contributed by atoms with van der Waals surface area (Å²) in [7, 11) is 0. The number of aliphatic hydroxyl groups excluding tert-OH is 1. The summed E-state index contributed by atoms with van der Waals surface area (Å²) in [5.74, 6) is -2.21. The van der Waals surface area contributed by atoms with E-state index >= 15 is 0 Å². The molecule has 1 aromatic heterocycles. The van der Waals surface area contributed by atoms with E-state index in [1.54, 1.807) is 24.3 Å². The van der Waals surface area contributed by atoms with Crippen LogP contribution in [0.3, 0.4) is 0 Å². The second kappa shape index (κ2) is 7.57. The molecule has 0 saturated carbocycles. The van der Waals surface area contributed by atoms with Gasteiger partial charge in [0.1, 0.15) is 17.6 Å². The molecule has 0 aliphatic carbocycles. The Morgan fingerprint density at radius 2 is 1.72 bits per heavy atom. The molecule has 1 aliphatic heterocycles. The van der Waals surface area contributed by atoms with E-state index in [1.807, 2.05) is 18.4 Å². The fraction of sp³-hybridized carbons (Fsp3) is 0.0909. The van der Waals surface area contributed by atoms with Gasteiger partial charge in [0.2, 0.25) is 0 Å². The highest BCUT2D eigenvalue weighted by atomic mass is 79.9. The van der Waals surface area contributed by atoms with E-state index < -0.39 is 23.5 Å². The van der Waals surface area contributed by atoms with Gasteiger partial charge in [-0.2, -0.15) is 0 Å². The van der Waals surface area contributed by atoms with Crippen LogP contribution in [0, 0.1) is 12.7 Å². The van der Waals surface area contributed by atoms with Gasteiger partial charge in [-0.25, -0.2) is 4.39 Å². The molecule has 146 valence electrons. The largest absolute Gasteiger partial charge is 0.507 e. The summed E-state index contributed by atoms with van der Waals surface area (Å²) < 4.78 is 14.2. The van der Waals surface area contributed by atoms with E-state index in [-0.39, 0.29) is 11.3 Å². The Hall–Kier alpha value is -2.77. The Labute approximate surface area is 179 Å². The van der Waals surface area contributed by atoms with Crippen LogP contribution in [0.5, 0.6) is 0 Å². The van der Waals surface area contributed by atoms with E-state index in [0.717, 1.165) is 14.9 Å². The van der Waals surface area contributed by atoms with Crippen LogP contribution in [0.2, 0.25) is 0 Å². The number of benzene rings is 2. The van der Waals surface area contributed by atoms with Crippen molar-refractivity contribution < 1.29 is 19.1 Å². The molecular weight excluding hydrogens is 457 g/mol. The first-order valence-electron chi connectivity index (χ1n) is 8.75. The van der Waals surface area contributed by atoms with Crippen molar-refractivity contribution in [2.24, 2.45) is 0 Å². The Morgan fingerprint density at radius 3 is 2.31 bits per heavy atom. The maximum atomic E-state index is 13.4. The maximum Gasteiger partial charge on any atom is 0.300 e. The molecule has 1 amide bonds. The minimum atomic E-state index is -0.788. The lowest BCUT2D eigenvalue weighted by molar-refractivity contribution is -0.132. The standard InChI is InChI=1S/C22H15BrFNO3S/c1-12-10-11-29-21(12)18-17(19(26)13-2-4-14(23)5-3-13)20(27)22(28)25(18)16-8-6-15(24)7-9-16/h2-11,18,26H,1H3/b19-17-. The molecule has 2 aromatic carbocycles. The van der Waals surface area contributed by atoms with Crippen molar-refractivity contribution >= 4 is 50.4 Å². The summed E-state index contributed by atoms with van der Waals surface area (Å²) in [6, 6.07) is 13.3. The van der Waals surface area contributed by atoms with Crippen LogP contribution >= 0.6 is 27.3 Å². The van der Waals surface area contributed by atoms with Crippen LogP contribution in [0.15, 0.2) is 70.0 Å². The van der Waals surface area contributed by atoms with Gasteiger partial charge >= 0.3 is 0 Å². The third kappa shape index (κ3) is 3.41. The van der Waals surface area contributed by atoms with Crippen molar-refractivity contribution in [1.82, 2.24) is 0 Å². The smallest absolute Gasteiger partial charge is 0.300 e. The summed E-state index contributed by atoms with van der Waals surface area (Å²) >= 11 is 4.74. The van der Waals surface area contributed by atoms with Gasteiger partial charge in [0, 0.05) is 20.6 Å². The summed E-state index contributed by atoms with van der Waals surface area (Å²) in [6.07, 6.45) is 0. The van der Waals surface area contributed by atoms with Gasteiger partial charge in [0.15, 0.2) is 0 Å². The molecule has 1 N–H and O–H groups in total. The molecule has 1 fully saturated rings. The lowest BCUT2D eigenvalue weighted by Crippen LogP contribution is -2.29. The number of aryl methyl sites for hydroxylation is 1. The van der Waals surface area contributed by atoms with Gasteiger partial charge in [0.05, 0.1) is 5.57 Å². The average Bonchev–Trinajstić information content (AvgIpc) is 3.24. The Kier molecular flexibility index (Phi) is 5.10. The number of aliphatic hydroxyl groups is 1. The first-order chi connectivity index (χ1) is 13.9. The summed E-state index contributed by atoms with van der Waals surface area (Å²) in [6.45, 7) is 1.89. The molecule has 4 nitrogen and oxygen atoms in total. The number of carbonyl (C=O) groups excluding carboxylic acids is 2. The van der Waals surface area contributed by atoms with Crippen molar-refractivity contribution in [3.63, 3.8) is 0 Å². The van der Waals surface area contributed by atoms with Gasteiger partial charge < -0.3 is 5.11 Å². The molecule has 1 aliphatic rings. The third-order valence-corrected chi connectivity index (χ3v) is 6.42. The number of thiophene rings is 1. The molecule has 0 bridgehead atoms. The van der Waals surface area contributed by atoms with Gasteiger partial charge in [-0.05, 0) is 60.3 Å². The topological polar surface area (TPSA) is 57.6 Å². The first kappa shape index (κ1) is 19.5. The van der Waals surface area contributed by atoms with Crippen molar-refractivity contribution in [1.29, 1.82) is 0 Å². The van der Waals surface area contributed by atoms with Crippen LogP contribution < -0.4 is 4.90 Å². The van der Waals surface area contributed by atoms with Gasteiger partial charge in [-0.15, -0.1) is 11.3 Å². The minimum Gasteiger partial charge on any atom is -0.507 e. The zero-order valence-corrected chi connectivity index (χ0v) is 17.6. The SMILES string of the molecule is Cc1ccsc1C1/C(=C(/O)c2ccc(Br)cc2)C(=O)C(=O)N1c1ccc(F)cc1. The lowest BCUT2D eigenvalue weighted by atomic mass is 9.98. The van der Waals surface area contributed by atoms with E-state index in [1.165, 1.54) is 40.5 Å². The maximum absolute atomic E-state index is 13.4. The fourth-order valence-corrected chi connectivity index (χ4v) is 4.67. The molecule has 3 aromatic rings. The lowest BCUT2D eigenvalue weighted by Gasteiger charge is -2.25. The zero-order valence-electron chi connectivity index (χ0n) is 15.2. The van der Waals surface area contributed by atoms with Crippen LogP contribution in [-0.4, -0.2) is 16.8 Å². The van der Waals surface area contributed by atoms with Crippen LogP contribution in [0.1, 0.15) is 22.0 Å². The summed E-state index contributed by atoms with van der Waals surface area (Å²) in [5.41, 5.74) is 1.74. The highest BCUT2D eigenvalue weighted by molar-refractivity contribution is 9.10. The number of rotatable bonds is 3. The predicted molar refractivity (Wildman–Crippen MR) is 114 cm³/mol. The van der Waals surface area contributed by atoms with Crippen LogP contribution in [0.25, 0.3) is 5.76 Å². The number of anilines is 1. The highest BCUT2D eigenvalue weighted by Crippen LogP contribution is 2.44.